The molecule has 4 heteroatoms. The maximum atomic E-state index is 12.1. The quantitative estimate of drug-likeness (QED) is 0.845. The van der Waals surface area contributed by atoms with Gasteiger partial charge in [0, 0.05) is 30.9 Å². The highest BCUT2D eigenvalue weighted by Crippen LogP contribution is 2.20. The molecule has 102 valence electrons. The molecule has 1 amide bonds. The molecule has 1 heterocycles. The van der Waals surface area contributed by atoms with Crippen molar-refractivity contribution in [1.82, 2.24) is 9.88 Å². The second kappa shape index (κ2) is 5.87. The zero-order valence-corrected chi connectivity index (χ0v) is 11.5. The molecule has 19 heavy (non-hydrogen) atoms. The van der Waals surface area contributed by atoms with Crippen LogP contribution in [0.4, 0.5) is 0 Å². The molecule has 1 unspecified atom stereocenters. The van der Waals surface area contributed by atoms with Gasteiger partial charge in [0.05, 0.1) is 0 Å². The van der Waals surface area contributed by atoms with Crippen LogP contribution < -0.4 is 10.9 Å². The molecule has 1 aliphatic carbocycles. The average Bonchev–Trinajstić information content (AvgIpc) is 2.42. The summed E-state index contributed by atoms with van der Waals surface area (Å²) in [6, 6.07) is 3.08. The molecule has 1 aromatic rings. The smallest absolute Gasteiger partial charge is 0.251 e. The van der Waals surface area contributed by atoms with Gasteiger partial charge in [0.25, 0.3) is 11.5 Å². The lowest BCUT2D eigenvalue weighted by molar-refractivity contribution is 0.0944. The maximum Gasteiger partial charge on any atom is 0.251 e. The number of hydrogen-bond donors (Lipinski definition) is 1. The number of carbonyl (C=O) groups is 1. The minimum Gasteiger partial charge on any atom is -0.346 e. The Kier molecular flexibility index (Phi) is 4.20. The maximum absolute atomic E-state index is 12.1. The molecule has 0 radical (unpaired) electrons. The summed E-state index contributed by atoms with van der Waals surface area (Å²) >= 11 is 0. The summed E-state index contributed by atoms with van der Waals surface area (Å²) in [7, 11) is 1.67. The fraction of sp³-hybridized carbons (Fsp3) is 0.467. The van der Waals surface area contributed by atoms with Gasteiger partial charge >= 0.3 is 0 Å². The van der Waals surface area contributed by atoms with E-state index in [-0.39, 0.29) is 17.5 Å². The van der Waals surface area contributed by atoms with Crippen molar-refractivity contribution in [3.63, 3.8) is 0 Å². The van der Waals surface area contributed by atoms with Crippen LogP contribution in [-0.4, -0.2) is 16.5 Å². The summed E-state index contributed by atoms with van der Waals surface area (Å²) in [5.74, 6) is -0.184. The first kappa shape index (κ1) is 13.6. The molecule has 0 saturated heterocycles. The summed E-state index contributed by atoms with van der Waals surface area (Å²) in [4.78, 5) is 23.6. The van der Waals surface area contributed by atoms with Gasteiger partial charge in [-0.2, -0.15) is 0 Å². The molecule has 1 aromatic heterocycles. The summed E-state index contributed by atoms with van der Waals surface area (Å²) in [5.41, 5.74) is 1.55. The molecule has 1 N–H and O–H groups in total. The number of aromatic nitrogens is 1. The minimum atomic E-state index is -0.184. The highest BCUT2D eigenvalue weighted by atomic mass is 16.2. The Labute approximate surface area is 113 Å². The van der Waals surface area contributed by atoms with Crippen LogP contribution in [0.3, 0.4) is 0 Å². The van der Waals surface area contributed by atoms with Gasteiger partial charge in [-0.3, -0.25) is 9.59 Å². The highest BCUT2D eigenvalue weighted by Gasteiger charge is 2.15. The number of carbonyl (C=O) groups excluding carboxylic acids is 1. The number of pyridine rings is 1. The van der Waals surface area contributed by atoms with Crippen LogP contribution in [-0.2, 0) is 7.05 Å². The Balaban J connectivity index is 2.06. The molecule has 1 atom stereocenters. The van der Waals surface area contributed by atoms with Crippen LogP contribution in [0.5, 0.6) is 0 Å². The molecule has 0 bridgehead atoms. The number of nitrogens with one attached hydrogen (secondary N) is 1. The molecule has 0 fully saturated rings. The van der Waals surface area contributed by atoms with Gasteiger partial charge in [0.1, 0.15) is 0 Å². The third-order valence-corrected chi connectivity index (χ3v) is 3.60. The first-order valence-electron chi connectivity index (χ1n) is 6.74. The van der Waals surface area contributed by atoms with Crippen molar-refractivity contribution in [3.05, 3.63) is 45.9 Å². The van der Waals surface area contributed by atoms with E-state index < -0.39 is 0 Å². The fourth-order valence-electron chi connectivity index (χ4n) is 2.32. The molecular formula is C15H20N2O2. The van der Waals surface area contributed by atoms with Crippen LogP contribution >= 0.6 is 0 Å². The SMILES string of the molecule is CC(NC(=O)c1ccn(C)c(=O)c1)C1=CCCCC1. The lowest BCUT2D eigenvalue weighted by Crippen LogP contribution is -2.35. The van der Waals surface area contributed by atoms with E-state index in [1.165, 1.54) is 29.0 Å². The normalized spacial score (nSPS) is 16.6. The molecular weight excluding hydrogens is 240 g/mol. The van der Waals surface area contributed by atoms with Crippen molar-refractivity contribution in [2.45, 2.75) is 38.6 Å². The minimum absolute atomic E-state index is 0.0388. The largest absolute Gasteiger partial charge is 0.346 e. The number of rotatable bonds is 3. The van der Waals surface area contributed by atoms with E-state index in [4.69, 9.17) is 0 Å². The number of aryl methyl sites for hydroxylation is 1. The Bertz CT molecular complexity index is 558. The van der Waals surface area contributed by atoms with E-state index in [0.29, 0.717) is 5.56 Å². The van der Waals surface area contributed by atoms with Crippen molar-refractivity contribution in [2.24, 2.45) is 7.05 Å². The first-order valence-corrected chi connectivity index (χ1v) is 6.74. The van der Waals surface area contributed by atoms with Crippen LogP contribution in [0, 0.1) is 0 Å². The van der Waals surface area contributed by atoms with Crippen molar-refractivity contribution in [1.29, 1.82) is 0 Å². The molecule has 1 aliphatic rings. The Morgan fingerprint density at radius 1 is 1.42 bits per heavy atom. The Morgan fingerprint density at radius 2 is 2.21 bits per heavy atom. The predicted octanol–water partition coefficient (Wildman–Crippen LogP) is 2.00. The third-order valence-electron chi connectivity index (χ3n) is 3.60. The number of allylic oxidation sites excluding steroid dienone is 1. The van der Waals surface area contributed by atoms with E-state index in [1.54, 1.807) is 19.3 Å². The number of hydrogen-bond acceptors (Lipinski definition) is 2. The van der Waals surface area contributed by atoms with E-state index in [9.17, 15) is 9.59 Å². The molecule has 0 saturated carbocycles. The second-order valence-electron chi connectivity index (χ2n) is 5.08. The van der Waals surface area contributed by atoms with Crippen LogP contribution in [0.2, 0.25) is 0 Å². The monoisotopic (exact) mass is 260 g/mol. The van der Waals surface area contributed by atoms with E-state index in [0.717, 1.165) is 12.8 Å². The lowest BCUT2D eigenvalue weighted by atomic mass is 9.94. The second-order valence-corrected chi connectivity index (χ2v) is 5.08. The standard InChI is InChI=1S/C15H20N2O2/c1-11(12-6-4-3-5-7-12)16-15(19)13-8-9-17(2)14(18)10-13/h6,8-11H,3-5,7H2,1-2H3,(H,16,19). The molecule has 2 rings (SSSR count). The zero-order chi connectivity index (χ0) is 13.8. The summed E-state index contributed by atoms with van der Waals surface area (Å²) in [6.45, 7) is 2.00. The lowest BCUT2D eigenvalue weighted by Gasteiger charge is -2.20. The predicted molar refractivity (Wildman–Crippen MR) is 75.2 cm³/mol. The van der Waals surface area contributed by atoms with Crippen LogP contribution in [0.1, 0.15) is 43.0 Å². The molecule has 0 spiro atoms. The van der Waals surface area contributed by atoms with E-state index >= 15 is 0 Å². The summed E-state index contributed by atoms with van der Waals surface area (Å²) in [6.07, 6.45) is 8.41. The van der Waals surface area contributed by atoms with Crippen LogP contribution in [0.25, 0.3) is 0 Å². The number of amides is 1. The van der Waals surface area contributed by atoms with Gasteiger partial charge in [-0.25, -0.2) is 0 Å². The Morgan fingerprint density at radius 3 is 2.84 bits per heavy atom. The summed E-state index contributed by atoms with van der Waals surface area (Å²) < 4.78 is 1.45. The van der Waals surface area contributed by atoms with Crippen LogP contribution in [0.15, 0.2) is 34.8 Å². The van der Waals surface area contributed by atoms with Gasteiger partial charge in [-0.05, 0) is 38.7 Å². The topological polar surface area (TPSA) is 51.1 Å². The van der Waals surface area contributed by atoms with Crippen molar-refractivity contribution in [2.75, 3.05) is 0 Å². The molecule has 0 aromatic carbocycles. The average molecular weight is 260 g/mol. The van der Waals surface area contributed by atoms with E-state index in [2.05, 4.69) is 11.4 Å². The third kappa shape index (κ3) is 3.34. The molecule has 0 aliphatic heterocycles. The van der Waals surface area contributed by atoms with E-state index in [1.807, 2.05) is 6.92 Å². The Hall–Kier alpha value is -1.84. The van der Waals surface area contributed by atoms with Crippen molar-refractivity contribution >= 4 is 5.91 Å². The van der Waals surface area contributed by atoms with Gasteiger partial charge in [0.2, 0.25) is 0 Å². The fourth-order valence-corrected chi connectivity index (χ4v) is 2.32. The van der Waals surface area contributed by atoms with Gasteiger partial charge < -0.3 is 9.88 Å². The molecule has 4 nitrogen and oxygen atoms in total. The van der Waals surface area contributed by atoms with Gasteiger partial charge in [-0.15, -0.1) is 0 Å². The highest BCUT2D eigenvalue weighted by molar-refractivity contribution is 5.94. The number of nitrogens with zero attached hydrogens (tertiary/aromatic N) is 1. The zero-order valence-electron chi connectivity index (χ0n) is 11.5. The van der Waals surface area contributed by atoms with Crippen molar-refractivity contribution < 1.29 is 4.79 Å². The summed E-state index contributed by atoms with van der Waals surface area (Å²) in [5, 5.41) is 2.96. The van der Waals surface area contributed by atoms with Gasteiger partial charge in [0.15, 0.2) is 0 Å². The first-order chi connectivity index (χ1) is 9.08. The van der Waals surface area contributed by atoms with Gasteiger partial charge in [-0.1, -0.05) is 11.6 Å². The van der Waals surface area contributed by atoms with Crippen molar-refractivity contribution in [3.8, 4) is 0 Å².